The van der Waals surface area contributed by atoms with E-state index in [4.69, 9.17) is 0 Å². The van der Waals surface area contributed by atoms with Crippen molar-refractivity contribution in [2.45, 2.75) is 19.9 Å². The molecule has 0 fully saturated rings. The summed E-state index contributed by atoms with van der Waals surface area (Å²) >= 11 is 1.69. The van der Waals surface area contributed by atoms with E-state index in [2.05, 4.69) is 22.3 Å². The van der Waals surface area contributed by atoms with E-state index in [1.807, 2.05) is 36.4 Å². The van der Waals surface area contributed by atoms with Gasteiger partial charge in [-0.2, -0.15) is 5.10 Å². The number of thiazole rings is 1. The van der Waals surface area contributed by atoms with Crippen LogP contribution in [-0.2, 0) is 7.05 Å². The Kier molecular flexibility index (Phi) is 3.36. The normalized spacial score (nSPS) is 12.9. The molecule has 2 rings (SSSR count). The Labute approximate surface area is 99.3 Å². The largest absolute Gasteiger partial charge is 0.305 e. The Morgan fingerprint density at radius 1 is 1.56 bits per heavy atom. The monoisotopic (exact) mass is 236 g/mol. The van der Waals surface area contributed by atoms with Crippen LogP contribution in [0.5, 0.6) is 0 Å². The molecule has 5 heteroatoms. The quantitative estimate of drug-likeness (QED) is 0.881. The first-order valence-electron chi connectivity index (χ1n) is 5.35. The zero-order valence-corrected chi connectivity index (χ0v) is 10.6. The van der Waals surface area contributed by atoms with Gasteiger partial charge in [-0.1, -0.05) is 6.92 Å². The Morgan fingerprint density at radius 3 is 2.88 bits per heavy atom. The summed E-state index contributed by atoms with van der Waals surface area (Å²) in [6, 6.07) is 2.25. The van der Waals surface area contributed by atoms with Crippen molar-refractivity contribution in [1.29, 1.82) is 0 Å². The molecule has 1 atom stereocenters. The SMILES string of the molecule is CCNC(c1scnc1C)c1ccnn1C. The van der Waals surface area contributed by atoms with Gasteiger partial charge in [-0.15, -0.1) is 11.3 Å². The highest BCUT2D eigenvalue weighted by atomic mass is 32.1. The highest BCUT2D eigenvalue weighted by Gasteiger charge is 2.19. The molecule has 0 aromatic carbocycles. The fraction of sp³-hybridized carbons (Fsp3) is 0.455. The fourth-order valence-corrected chi connectivity index (χ4v) is 2.68. The van der Waals surface area contributed by atoms with Crippen molar-refractivity contribution in [3.8, 4) is 0 Å². The van der Waals surface area contributed by atoms with Crippen LogP contribution < -0.4 is 5.32 Å². The summed E-state index contributed by atoms with van der Waals surface area (Å²) < 4.78 is 1.91. The summed E-state index contributed by atoms with van der Waals surface area (Å²) in [6.07, 6.45) is 1.83. The molecule has 1 N–H and O–H groups in total. The van der Waals surface area contributed by atoms with Gasteiger partial charge < -0.3 is 5.32 Å². The molecule has 0 spiro atoms. The Balaban J connectivity index is 2.39. The molecule has 0 aliphatic rings. The fourth-order valence-electron chi connectivity index (χ4n) is 1.79. The van der Waals surface area contributed by atoms with Crippen molar-refractivity contribution < 1.29 is 0 Å². The molecule has 2 aromatic heterocycles. The summed E-state index contributed by atoms with van der Waals surface area (Å²) in [7, 11) is 1.97. The summed E-state index contributed by atoms with van der Waals surface area (Å²) in [6.45, 7) is 5.08. The molecule has 0 amide bonds. The second-order valence-electron chi connectivity index (χ2n) is 3.67. The first-order valence-corrected chi connectivity index (χ1v) is 6.23. The number of rotatable bonds is 4. The molecule has 16 heavy (non-hydrogen) atoms. The molecule has 2 aromatic rings. The maximum Gasteiger partial charge on any atom is 0.0860 e. The predicted molar refractivity (Wildman–Crippen MR) is 65.6 cm³/mol. The lowest BCUT2D eigenvalue weighted by Gasteiger charge is -2.17. The maximum absolute atomic E-state index is 4.31. The van der Waals surface area contributed by atoms with Gasteiger partial charge in [0.2, 0.25) is 0 Å². The number of hydrogen-bond acceptors (Lipinski definition) is 4. The Hall–Kier alpha value is -1.20. The van der Waals surface area contributed by atoms with E-state index in [1.165, 1.54) is 10.6 Å². The highest BCUT2D eigenvalue weighted by Crippen LogP contribution is 2.27. The first-order chi connectivity index (χ1) is 7.74. The van der Waals surface area contributed by atoms with Gasteiger partial charge in [-0.3, -0.25) is 4.68 Å². The molecule has 0 saturated carbocycles. The Bertz CT molecular complexity index is 420. The van der Waals surface area contributed by atoms with Crippen LogP contribution >= 0.6 is 11.3 Å². The first kappa shape index (κ1) is 11.3. The zero-order chi connectivity index (χ0) is 11.5. The topological polar surface area (TPSA) is 42.7 Å². The second-order valence-corrected chi connectivity index (χ2v) is 4.56. The Morgan fingerprint density at radius 2 is 2.38 bits per heavy atom. The minimum absolute atomic E-state index is 0.199. The summed E-state index contributed by atoms with van der Waals surface area (Å²) in [4.78, 5) is 5.58. The van der Waals surface area contributed by atoms with E-state index in [0.29, 0.717) is 0 Å². The van der Waals surface area contributed by atoms with Gasteiger partial charge in [0.15, 0.2) is 0 Å². The van der Waals surface area contributed by atoms with Gasteiger partial charge in [0.05, 0.1) is 27.8 Å². The number of aromatic nitrogens is 3. The molecule has 86 valence electrons. The van der Waals surface area contributed by atoms with E-state index in [-0.39, 0.29) is 6.04 Å². The summed E-state index contributed by atoms with van der Waals surface area (Å²) in [5.74, 6) is 0. The molecule has 0 aliphatic carbocycles. The van der Waals surface area contributed by atoms with Crippen LogP contribution in [0.1, 0.15) is 29.2 Å². The van der Waals surface area contributed by atoms with Crippen LogP contribution in [0.15, 0.2) is 17.8 Å². The van der Waals surface area contributed by atoms with Gasteiger partial charge >= 0.3 is 0 Å². The molecule has 0 bridgehead atoms. The van der Waals surface area contributed by atoms with Gasteiger partial charge in [0.25, 0.3) is 0 Å². The van der Waals surface area contributed by atoms with Gasteiger partial charge in [-0.05, 0) is 19.5 Å². The lowest BCUT2D eigenvalue weighted by atomic mass is 10.1. The third-order valence-electron chi connectivity index (χ3n) is 2.61. The molecule has 1 unspecified atom stereocenters. The molecule has 0 radical (unpaired) electrons. The van der Waals surface area contributed by atoms with Gasteiger partial charge in [-0.25, -0.2) is 4.98 Å². The van der Waals surface area contributed by atoms with E-state index in [9.17, 15) is 0 Å². The van der Waals surface area contributed by atoms with Gasteiger partial charge in [0, 0.05) is 13.2 Å². The van der Waals surface area contributed by atoms with Crippen LogP contribution in [0.3, 0.4) is 0 Å². The van der Waals surface area contributed by atoms with Crippen LogP contribution in [0, 0.1) is 6.92 Å². The molecule has 0 aliphatic heterocycles. The van der Waals surface area contributed by atoms with E-state index >= 15 is 0 Å². The number of nitrogens with zero attached hydrogens (tertiary/aromatic N) is 3. The van der Waals surface area contributed by atoms with Gasteiger partial charge in [0.1, 0.15) is 0 Å². The van der Waals surface area contributed by atoms with Crippen molar-refractivity contribution in [2.24, 2.45) is 7.05 Å². The summed E-state index contributed by atoms with van der Waals surface area (Å²) in [5, 5.41) is 7.70. The van der Waals surface area contributed by atoms with E-state index in [1.54, 1.807) is 11.3 Å². The molecule has 0 saturated heterocycles. The van der Waals surface area contributed by atoms with Crippen molar-refractivity contribution in [3.63, 3.8) is 0 Å². The van der Waals surface area contributed by atoms with Crippen LogP contribution in [-0.4, -0.2) is 21.3 Å². The van der Waals surface area contributed by atoms with Crippen LogP contribution in [0.4, 0.5) is 0 Å². The third kappa shape index (κ3) is 2.01. The third-order valence-corrected chi connectivity index (χ3v) is 3.60. The molecular weight excluding hydrogens is 220 g/mol. The van der Waals surface area contributed by atoms with Crippen LogP contribution in [0.2, 0.25) is 0 Å². The van der Waals surface area contributed by atoms with Crippen molar-refractivity contribution in [1.82, 2.24) is 20.1 Å². The van der Waals surface area contributed by atoms with E-state index < -0.39 is 0 Å². The van der Waals surface area contributed by atoms with Crippen LogP contribution in [0.25, 0.3) is 0 Å². The number of aryl methyl sites for hydroxylation is 2. The van der Waals surface area contributed by atoms with Crippen molar-refractivity contribution >= 4 is 11.3 Å². The standard InChI is InChI=1S/C11H16N4S/c1-4-12-10(9-5-6-14-15(9)3)11-8(2)13-7-16-11/h5-7,10,12H,4H2,1-3H3. The zero-order valence-electron chi connectivity index (χ0n) is 9.77. The molecule has 2 heterocycles. The molecular formula is C11H16N4S. The minimum Gasteiger partial charge on any atom is -0.305 e. The van der Waals surface area contributed by atoms with Crippen molar-refractivity contribution in [3.05, 3.63) is 34.0 Å². The predicted octanol–water partition coefficient (Wildman–Crippen LogP) is 1.88. The highest BCUT2D eigenvalue weighted by molar-refractivity contribution is 7.09. The molecule has 4 nitrogen and oxygen atoms in total. The number of nitrogens with one attached hydrogen (secondary N) is 1. The average molecular weight is 236 g/mol. The smallest absolute Gasteiger partial charge is 0.0860 e. The van der Waals surface area contributed by atoms with Crippen molar-refractivity contribution in [2.75, 3.05) is 6.54 Å². The average Bonchev–Trinajstić information content (AvgIpc) is 2.84. The lowest BCUT2D eigenvalue weighted by Crippen LogP contribution is -2.24. The minimum atomic E-state index is 0.199. The second kappa shape index (κ2) is 4.76. The summed E-state index contributed by atoms with van der Waals surface area (Å²) in [5.41, 5.74) is 4.16. The lowest BCUT2D eigenvalue weighted by molar-refractivity contribution is 0.576. The number of hydrogen-bond donors (Lipinski definition) is 1. The van der Waals surface area contributed by atoms with E-state index in [0.717, 1.165) is 12.2 Å². The maximum atomic E-state index is 4.31.